The summed E-state index contributed by atoms with van der Waals surface area (Å²) in [4.78, 5) is 56.2. The van der Waals surface area contributed by atoms with Gasteiger partial charge in [-0.3, -0.25) is 14.9 Å². The van der Waals surface area contributed by atoms with Gasteiger partial charge in [0.05, 0.1) is 19.3 Å². The first kappa shape index (κ1) is 24.1. The number of nitrogens with zero attached hydrogens (tertiary/aromatic N) is 5. The standard InChI is InChI=1S/C28H25N7O5/c1-39-18-5-4-16-14-35(24(36)19(16)10-18)15-28(25(37)32-27(38)33-28)23-11-21-22(40-23)7-6-20(31-21)17-12-29-26(30-13-17)34-8-2-3-9-34/h4-7,10-13H,2-3,8-9,14-15H2,1H3,(H2,32,33,37,38)/t28-/m0/s1. The molecule has 0 spiro atoms. The first-order valence-corrected chi connectivity index (χ1v) is 13.0. The van der Waals surface area contributed by atoms with Crippen LogP contribution in [0.25, 0.3) is 22.4 Å². The third-order valence-electron chi connectivity index (χ3n) is 7.68. The molecule has 12 nitrogen and oxygen atoms in total. The van der Waals surface area contributed by atoms with Gasteiger partial charge in [0.1, 0.15) is 17.0 Å². The first-order valence-electron chi connectivity index (χ1n) is 13.0. The normalized spacial score (nSPS) is 20.3. The second-order valence-corrected chi connectivity index (χ2v) is 10.2. The predicted molar refractivity (Wildman–Crippen MR) is 143 cm³/mol. The molecule has 2 fully saturated rings. The second kappa shape index (κ2) is 9.04. The summed E-state index contributed by atoms with van der Waals surface area (Å²) in [5, 5.41) is 5.00. The zero-order chi connectivity index (χ0) is 27.4. The average molecular weight is 540 g/mol. The third kappa shape index (κ3) is 3.82. The van der Waals surface area contributed by atoms with E-state index in [4.69, 9.17) is 14.1 Å². The number of hydrogen-bond donors (Lipinski definition) is 2. The van der Waals surface area contributed by atoms with Crippen molar-refractivity contribution in [3.63, 3.8) is 0 Å². The Hall–Kier alpha value is -5.00. The minimum Gasteiger partial charge on any atom is -0.497 e. The zero-order valence-corrected chi connectivity index (χ0v) is 21.6. The van der Waals surface area contributed by atoms with Crippen molar-refractivity contribution in [1.82, 2.24) is 30.5 Å². The van der Waals surface area contributed by atoms with Gasteiger partial charge in [0.25, 0.3) is 11.8 Å². The van der Waals surface area contributed by atoms with Crippen LogP contribution in [0.15, 0.2) is 53.2 Å². The highest BCUT2D eigenvalue weighted by Crippen LogP contribution is 2.35. The number of fused-ring (bicyclic) bond motifs is 2. The van der Waals surface area contributed by atoms with Crippen molar-refractivity contribution < 1.29 is 23.5 Å². The Kier molecular flexibility index (Phi) is 5.44. The number of hydrogen-bond acceptors (Lipinski definition) is 9. The van der Waals surface area contributed by atoms with Crippen LogP contribution in [0.2, 0.25) is 0 Å². The SMILES string of the molecule is COc1ccc2c(c1)C(=O)N(C[C@@]1(c3cc4nc(-c5cnc(N6CCCC6)nc5)ccc4o3)NC(=O)NC1=O)C2. The number of methoxy groups -OCH3 is 1. The minimum absolute atomic E-state index is 0.126. The molecule has 2 N–H and O–H groups in total. The summed E-state index contributed by atoms with van der Waals surface area (Å²) in [5.41, 5.74) is 1.98. The number of anilines is 1. The second-order valence-electron chi connectivity index (χ2n) is 10.2. The van der Waals surface area contributed by atoms with Crippen LogP contribution in [-0.2, 0) is 16.9 Å². The van der Waals surface area contributed by atoms with Crippen molar-refractivity contribution in [2.75, 3.05) is 31.6 Å². The molecule has 0 bridgehead atoms. The molecule has 0 aliphatic carbocycles. The lowest BCUT2D eigenvalue weighted by atomic mass is 9.95. The van der Waals surface area contributed by atoms with E-state index in [1.54, 1.807) is 42.7 Å². The number of carbonyl (C=O) groups excluding carboxylic acids is 3. The van der Waals surface area contributed by atoms with E-state index >= 15 is 0 Å². The van der Waals surface area contributed by atoms with E-state index < -0.39 is 17.5 Å². The fraction of sp³-hybridized carbons (Fsp3) is 0.286. The predicted octanol–water partition coefficient (Wildman–Crippen LogP) is 2.58. The molecule has 0 radical (unpaired) electrons. The Morgan fingerprint density at radius 1 is 1.05 bits per heavy atom. The molecule has 1 atom stereocenters. The molecule has 4 amide bonds. The van der Waals surface area contributed by atoms with Crippen molar-refractivity contribution in [3.05, 3.63) is 65.7 Å². The summed E-state index contributed by atoms with van der Waals surface area (Å²) in [6.07, 6.45) is 5.76. The molecule has 202 valence electrons. The van der Waals surface area contributed by atoms with Crippen molar-refractivity contribution in [2.45, 2.75) is 24.9 Å². The number of benzene rings is 1. The van der Waals surface area contributed by atoms with Gasteiger partial charge in [-0.1, -0.05) is 6.07 Å². The van der Waals surface area contributed by atoms with Gasteiger partial charge < -0.3 is 24.3 Å². The van der Waals surface area contributed by atoms with Crippen LogP contribution in [0.5, 0.6) is 5.75 Å². The maximum absolute atomic E-state index is 13.3. The van der Waals surface area contributed by atoms with Crippen LogP contribution in [0.3, 0.4) is 0 Å². The van der Waals surface area contributed by atoms with Crippen molar-refractivity contribution in [2.24, 2.45) is 0 Å². The maximum Gasteiger partial charge on any atom is 0.322 e. The van der Waals surface area contributed by atoms with E-state index in [0.29, 0.717) is 34.1 Å². The van der Waals surface area contributed by atoms with E-state index in [1.165, 1.54) is 12.0 Å². The van der Waals surface area contributed by atoms with Crippen molar-refractivity contribution in [3.8, 4) is 17.0 Å². The fourth-order valence-electron chi connectivity index (χ4n) is 5.56. The molecule has 0 unspecified atom stereocenters. The summed E-state index contributed by atoms with van der Waals surface area (Å²) in [6, 6.07) is 9.77. The van der Waals surface area contributed by atoms with Gasteiger partial charge in [-0.25, -0.2) is 19.7 Å². The maximum atomic E-state index is 13.3. The van der Waals surface area contributed by atoms with Crippen LogP contribution < -0.4 is 20.3 Å². The quantitative estimate of drug-likeness (QED) is 0.354. The fourth-order valence-corrected chi connectivity index (χ4v) is 5.56. The topological polar surface area (TPSA) is 143 Å². The lowest BCUT2D eigenvalue weighted by molar-refractivity contribution is -0.125. The number of nitrogens with one attached hydrogen (secondary N) is 2. The Morgan fingerprint density at radius 2 is 1.85 bits per heavy atom. The number of aromatic nitrogens is 3. The largest absolute Gasteiger partial charge is 0.497 e. The van der Waals surface area contributed by atoms with Crippen molar-refractivity contribution in [1.29, 1.82) is 0 Å². The number of pyridine rings is 1. The highest BCUT2D eigenvalue weighted by atomic mass is 16.5. The van der Waals surface area contributed by atoms with Crippen LogP contribution in [0.4, 0.5) is 10.7 Å². The smallest absolute Gasteiger partial charge is 0.322 e. The van der Waals surface area contributed by atoms with Crippen molar-refractivity contribution >= 4 is 34.9 Å². The molecule has 40 heavy (non-hydrogen) atoms. The monoisotopic (exact) mass is 539 g/mol. The molecule has 7 rings (SSSR count). The van der Waals surface area contributed by atoms with Gasteiger partial charge in [0, 0.05) is 49.2 Å². The first-order chi connectivity index (χ1) is 19.4. The van der Waals surface area contributed by atoms with Gasteiger partial charge in [0.2, 0.25) is 5.95 Å². The number of ether oxygens (including phenoxy) is 1. The number of rotatable bonds is 6. The Labute approximate surface area is 228 Å². The van der Waals surface area contributed by atoms with Crippen LogP contribution >= 0.6 is 0 Å². The Morgan fingerprint density at radius 3 is 2.58 bits per heavy atom. The van der Waals surface area contributed by atoms with Crippen LogP contribution in [0.1, 0.15) is 34.5 Å². The number of furan rings is 1. The van der Waals surface area contributed by atoms with Gasteiger partial charge in [0.15, 0.2) is 11.1 Å². The number of urea groups is 1. The molecule has 0 saturated carbocycles. The summed E-state index contributed by atoms with van der Waals surface area (Å²) >= 11 is 0. The van der Waals surface area contributed by atoms with E-state index in [2.05, 4.69) is 25.5 Å². The van der Waals surface area contributed by atoms with E-state index in [-0.39, 0.29) is 24.8 Å². The lowest BCUT2D eigenvalue weighted by Gasteiger charge is -2.28. The third-order valence-corrected chi connectivity index (χ3v) is 7.68. The molecular formula is C28H25N7O5. The van der Waals surface area contributed by atoms with Crippen LogP contribution in [-0.4, -0.2) is 64.4 Å². The number of carbonyl (C=O) groups is 3. The van der Waals surface area contributed by atoms with E-state index in [9.17, 15) is 14.4 Å². The Bertz CT molecular complexity index is 1680. The molecule has 12 heteroatoms. The molecule has 1 aromatic carbocycles. The van der Waals surface area contributed by atoms with E-state index in [0.717, 1.165) is 37.1 Å². The van der Waals surface area contributed by atoms with E-state index in [1.807, 2.05) is 6.07 Å². The molecule has 3 aliphatic heterocycles. The highest BCUT2D eigenvalue weighted by molar-refractivity contribution is 6.08. The van der Waals surface area contributed by atoms with Gasteiger partial charge in [-0.15, -0.1) is 0 Å². The molecule has 3 aliphatic rings. The number of amides is 4. The van der Waals surface area contributed by atoms with Gasteiger partial charge in [-0.05, 0) is 42.7 Å². The molecule has 3 aromatic heterocycles. The molecule has 2 saturated heterocycles. The Balaban J connectivity index is 1.20. The lowest BCUT2D eigenvalue weighted by Crippen LogP contribution is -2.52. The highest BCUT2D eigenvalue weighted by Gasteiger charge is 2.53. The minimum atomic E-state index is -1.62. The van der Waals surface area contributed by atoms with Gasteiger partial charge >= 0.3 is 6.03 Å². The molecule has 6 heterocycles. The van der Waals surface area contributed by atoms with Gasteiger partial charge in [-0.2, -0.15) is 0 Å². The summed E-state index contributed by atoms with van der Waals surface area (Å²) in [7, 11) is 1.53. The average Bonchev–Trinajstić information content (AvgIpc) is 3.76. The summed E-state index contributed by atoms with van der Waals surface area (Å²) in [5.74, 6) is 0.568. The number of imide groups is 1. The zero-order valence-electron chi connectivity index (χ0n) is 21.6. The summed E-state index contributed by atoms with van der Waals surface area (Å²) < 4.78 is 11.3. The molecular weight excluding hydrogens is 514 g/mol. The molecule has 4 aromatic rings. The summed E-state index contributed by atoms with van der Waals surface area (Å²) in [6.45, 7) is 2.06. The van der Waals surface area contributed by atoms with Crippen LogP contribution in [0, 0.1) is 0 Å².